The lowest BCUT2D eigenvalue weighted by Gasteiger charge is -2.08. The van der Waals surface area contributed by atoms with E-state index >= 15 is 0 Å². The van der Waals surface area contributed by atoms with Gasteiger partial charge in [-0.2, -0.15) is 5.26 Å². The molecule has 0 spiro atoms. The molecule has 4 nitrogen and oxygen atoms in total. The van der Waals surface area contributed by atoms with Gasteiger partial charge >= 0.3 is 0 Å². The van der Waals surface area contributed by atoms with Crippen LogP contribution in [0.3, 0.4) is 0 Å². The lowest BCUT2D eigenvalue weighted by molar-refractivity contribution is -0.120. The molecule has 0 saturated heterocycles. The Morgan fingerprint density at radius 2 is 2.00 bits per heavy atom. The highest BCUT2D eigenvalue weighted by Crippen LogP contribution is 2.11. The average molecular weight is 258 g/mol. The van der Waals surface area contributed by atoms with E-state index in [2.05, 4.69) is 11.4 Å². The summed E-state index contributed by atoms with van der Waals surface area (Å²) in [6, 6.07) is 10.7. The van der Waals surface area contributed by atoms with Crippen LogP contribution in [0.1, 0.15) is 43.0 Å². The minimum absolute atomic E-state index is 0.0784. The largest absolute Gasteiger partial charge is 0.292 e. The summed E-state index contributed by atoms with van der Waals surface area (Å²) in [6.45, 7) is 2.04. The molecule has 0 aliphatic carbocycles. The zero-order valence-electron chi connectivity index (χ0n) is 11.1. The van der Waals surface area contributed by atoms with Gasteiger partial charge in [0.15, 0.2) is 0 Å². The van der Waals surface area contributed by atoms with Crippen molar-refractivity contribution < 1.29 is 9.59 Å². The number of nitriles is 1. The number of hydrogen-bond acceptors (Lipinski definition) is 3. The molecule has 0 aliphatic heterocycles. The summed E-state index contributed by atoms with van der Waals surface area (Å²) in [6.07, 6.45) is 2.68. The third-order valence-corrected chi connectivity index (χ3v) is 2.81. The maximum Gasteiger partial charge on any atom is 0.257 e. The predicted octanol–water partition coefficient (Wildman–Crippen LogP) is 2.66. The van der Waals surface area contributed by atoms with Crippen LogP contribution in [-0.2, 0) is 4.79 Å². The van der Waals surface area contributed by atoms with E-state index in [9.17, 15) is 9.59 Å². The van der Waals surface area contributed by atoms with Crippen molar-refractivity contribution in [3.8, 4) is 6.07 Å². The standard InChI is InChI=1S/C15H18N2O2/c1-2-3-7-12(11-16)10-14(18)17-15(19)13-8-5-4-6-9-13/h4-6,8-9,12H,2-3,7,10H2,1H3,(H,17,18,19). The molecule has 0 radical (unpaired) electrons. The van der Waals surface area contributed by atoms with Crippen molar-refractivity contribution >= 4 is 11.8 Å². The van der Waals surface area contributed by atoms with Crippen molar-refractivity contribution in [3.63, 3.8) is 0 Å². The molecule has 1 aromatic rings. The predicted molar refractivity (Wildman–Crippen MR) is 72.2 cm³/mol. The maximum absolute atomic E-state index is 11.7. The van der Waals surface area contributed by atoms with Gasteiger partial charge < -0.3 is 0 Å². The summed E-state index contributed by atoms with van der Waals surface area (Å²) in [5.41, 5.74) is 0.443. The van der Waals surface area contributed by atoms with Crippen LogP contribution in [0.2, 0.25) is 0 Å². The van der Waals surface area contributed by atoms with E-state index in [-0.39, 0.29) is 12.3 Å². The van der Waals surface area contributed by atoms with Crippen molar-refractivity contribution in [2.75, 3.05) is 0 Å². The molecule has 0 saturated carbocycles. The monoisotopic (exact) mass is 258 g/mol. The molecule has 4 heteroatoms. The first-order valence-corrected chi connectivity index (χ1v) is 6.46. The van der Waals surface area contributed by atoms with Crippen LogP contribution >= 0.6 is 0 Å². The number of carbonyl (C=O) groups excluding carboxylic acids is 2. The van der Waals surface area contributed by atoms with Gasteiger partial charge in [-0.15, -0.1) is 0 Å². The first-order chi connectivity index (χ1) is 9.17. The third kappa shape index (κ3) is 5.35. The quantitative estimate of drug-likeness (QED) is 0.852. The van der Waals surface area contributed by atoms with Gasteiger partial charge in [-0.05, 0) is 18.6 Å². The number of amides is 2. The molecule has 19 heavy (non-hydrogen) atoms. The number of nitrogens with one attached hydrogen (secondary N) is 1. The van der Waals surface area contributed by atoms with Gasteiger partial charge in [0.25, 0.3) is 5.91 Å². The lowest BCUT2D eigenvalue weighted by atomic mass is 10.00. The van der Waals surface area contributed by atoms with E-state index in [0.717, 1.165) is 12.8 Å². The highest BCUT2D eigenvalue weighted by Gasteiger charge is 2.15. The number of imide groups is 1. The molecule has 0 aromatic heterocycles. The Morgan fingerprint density at radius 1 is 1.32 bits per heavy atom. The van der Waals surface area contributed by atoms with Crippen LogP contribution in [0.5, 0.6) is 0 Å². The third-order valence-electron chi connectivity index (χ3n) is 2.81. The van der Waals surface area contributed by atoms with E-state index < -0.39 is 11.8 Å². The summed E-state index contributed by atoms with van der Waals surface area (Å²) in [5, 5.41) is 11.2. The molecule has 100 valence electrons. The fraction of sp³-hybridized carbons (Fsp3) is 0.400. The van der Waals surface area contributed by atoms with Crippen LogP contribution in [0, 0.1) is 17.2 Å². The van der Waals surface area contributed by atoms with Crippen molar-refractivity contribution in [2.24, 2.45) is 5.92 Å². The molecule has 0 fully saturated rings. The molecule has 0 heterocycles. The molecule has 1 atom stereocenters. The zero-order valence-corrected chi connectivity index (χ0v) is 11.1. The molecular formula is C15H18N2O2. The highest BCUT2D eigenvalue weighted by atomic mass is 16.2. The van der Waals surface area contributed by atoms with Crippen LogP contribution in [-0.4, -0.2) is 11.8 Å². The maximum atomic E-state index is 11.7. The van der Waals surface area contributed by atoms with E-state index in [1.54, 1.807) is 30.3 Å². The molecule has 1 unspecified atom stereocenters. The second-order valence-electron chi connectivity index (χ2n) is 4.42. The Labute approximate surface area is 113 Å². The van der Waals surface area contributed by atoms with E-state index in [4.69, 9.17) is 5.26 Å². The second kappa shape index (κ2) is 8.04. The average Bonchev–Trinajstić information content (AvgIpc) is 2.44. The number of hydrogen-bond donors (Lipinski definition) is 1. The van der Waals surface area contributed by atoms with Crippen molar-refractivity contribution in [1.29, 1.82) is 5.26 Å². The van der Waals surface area contributed by atoms with Gasteiger partial charge in [0.2, 0.25) is 5.91 Å². The minimum Gasteiger partial charge on any atom is -0.292 e. The highest BCUT2D eigenvalue weighted by molar-refractivity contribution is 6.04. The SMILES string of the molecule is CCCCC(C#N)CC(=O)NC(=O)c1ccccc1. The number of nitrogens with zero attached hydrogens (tertiary/aromatic N) is 1. The normalized spacial score (nSPS) is 11.4. The van der Waals surface area contributed by atoms with Gasteiger partial charge in [-0.3, -0.25) is 14.9 Å². The van der Waals surface area contributed by atoms with Crippen LogP contribution in [0.15, 0.2) is 30.3 Å². The molecule has 2 amide bonds. The topological polar surface area (TPSA) is 70.0 Å². The Kier molecular flexibility index (Phi) is 6.31. The van der Waals surface area contributed by atoms with E-state index in [0.29, 0.717) is 12.0 Å². The minimum atomic E-state index is -0.419. The number of rotatable bonds is 6. The lowest BCUT2D eigenvalue weighted by Crippen LogP contribution is -2.31. The summed E-state index contributed by atoms with van der Waals surface area (Å²) >= 11 is 0. The second-order valence-corrected chi connectivity index (χ2v) is 4.42. The molecule has 1 N–H and O–H groups in total. The van der Waals surface area contributed by atoms with E-state index in [1.165, 1.54) is 0 Å². The van der Waals surface area contributed by atoms with Gasteiger partial charge in [0, 0.05) is 12.0 Å². The zero-order chi connectivity index (χ0) is 14.1. The van der Waals surface area contributed by atoms with Gasteiger partial charge in [0.05, 0.1) is 12.0 Å². The molecule has 0 bridgehead atoms. The Bertz CT molecular complexity index is 463. The first kappa shape index (κ1) is 14.9. The summed E-state index contributed by atoms with van der Waals surface area (Å²) < 4.78 is 0. The van der Waals surface area contributed by atoms with Gasteiger partial charge in [0.1, 0.15) is 0 Å². The number of carbonyl (C=O) groups is 2. The van der Waals surface area contributed by atoms with Crippen LogP contribution in [0.4, 0.5) is 0 Å². The van der Waals surface area contributed by atoms with Crippen LogP contribution < -0.4 is 5.32 Å². The van der Waals surface area contributed by atoms with E-state index in [1.807, 2.05) is 6.92 Å². The fourth-order valence-electron chi connectivity index (χ4n) is 1.73. The smallest absolute Gasteiger partial charge is 0.257 e. The fourth-order valence-corrected chi connectivity index (χ4v) is 1.73. The van der Waals surface area contributed by atoms with Crippen molar-refractivity contribution in [3.05, 3.63) is 35.9 Å². The summed E-state index contributed by atoms with van der Waals surface area (Å²) in [5.74, 6) is -1.13. The van der Waals surface area contributed by atoms with Crippen molar-refractivity contribution in [2.45, 2.75) is 32.6 Å². The van der Waals surface area contributed by atoms with Gasteiger partial charge in [-0.1, -0.05) is 38.0 Å². The first-order valence-electron chi connectivity index (χ1n) is 6.46. The number of benzene rings is 1. The molecule has 0 aliphatic rings. The van der Waals surface area contributed by atoms with Crippen molar-refractivity contribution in [1.82, 2.24) is 5.32 Å². The Hall–Kier alpha value is -2.15. The summed E-state index contributed by atoms with van der Waals surface area (Å²) in [7, 11) is 0. The summed E-state index contributed by atoms with van der Waals surface area (Å²) in [4.78, 5) is 23.4. The molecular weight excluding hydrogens is 240 g/mol. The van der Waals surface area contributed by atoms with Gasteiger partial charge in [-0.25, -0.2) is 0 Å². The molecule has 1 aromatic carbocycles. The Balaban J connectivity index is 2.47. The molecule has 1 rings (SSSR count). The Morgan fingerprint density at radius 3 is 2.58 bits per heavy atom. The van der Waals surface area contributed by atoms with Crippen LogP contribution in [0.25, 0.3) is 0 Å². The number of unbranched alkanes of at least 4 members (excludes halogenated alkanes) is 1.